The van der Waals surface area contributed by atoms with E-state index in [0.717, 1.165) is 51.0 Å². The summed E-state index contributed by atoms with van der Waals surface area (Å²) in [6.07, 6.45) is 4.37. The number of alkyl halides is 2. The van der Waals surface area contributed by atoms with E-state index in [1.807, 2.05) is 42.5 Å². The van der Waals surface area contributed by atoms with Crippen molar-refractivity contribution in [3.63, 3.8) is 0 Å². The minimum Gasteiger partial charge on any atom is -0.400 e. The molecular weight excluding hydrogens is 489 g/mol. The molecule has 4 rings (SSSR count). The SMILES string of the molecule is CO.ClCCl.Fc1ccc(C(c2ccc(F)cc2)N2CCN(C/C=C/c3ccccc3)CC2)cc1. The maximum Gasteiger partial charge on any atom is 0.123 e. The smallest absolute Gasteiger partial charge is 0.123 e. The van der Waals surface area contributed by atoms with Gasteiger partial charge in [0.2, 0.25) is 0 Å². The zero-order valence-corrected chi connectivity index (χ0v) is 21.3. The van der Waals surface area contributed by atoms with E-state index in [4.69, 9.17) is 28.3 Å². The van der Waals surface area contributed by atoms with E-state index in [1.54, 1.807) is 0 Å². The van der Waals surface area contributed by atoms with Gasteiger partial charge in [0, 0.05) is 39.8 Å². The zero-order valence-electron chi connectivity index (χ0n) is 19.8. The molecule has 0 spiro atoms. The molecule has 0 aliphatic carbocycles. The summed E-state index contributed by atoms with van der Waals surface area (Å²) in [7, 11) is 1.00. The summed E-state index contributed by atoms with van der Waals surface area (Å²) in [6, 6.07) is 23.6. The number of benzene rings is 3. The number of halogens is 4. The standard InChI is InChI=1S/C26H26F2N2.CH2Cl2.CH4O/c27-24-12-8-22(9-13-24)26(23-10-14-25(28)15-11-23)30-19-17-29(18-20-30)16-4-7-21-5-2-1-3-6-21;2-1-3;1-2/h1-15,26H,16-20H2;1H2;2H,1H3/b7-4+;;. The second-order valence-electron chi connectivity index (χ2n) is 7.76. The van der Waals surface area contributed by atoms with Crippen LogP contribution in [0.4, 0.5) is 8.78 Å². The Kier molecular flexibility index (Phi) is 13.6. The van der Waals surface area contributed by atoms with Gasteiger partial charge in [-0.2, -0.15) is 0 Å². The van der Waals surface area contributed by atoms with Crippen molar-refractivity contribution in [3.8, 4) is 0 Å². The van der Waals surface area contributed by atoms with Crippen molar-refractivity contribution in [3.05, 3.63) is 113 Å². The molecule has 0 radical (unpaired) electrons. The van der Waals surface area contributed by atoms with Crippen molar-refractivity contribution >= 4 is 29.3 Å². The largest absolute Gasteiger partial charge is 0.400 e. The number of piperazine rings is 1. The fourth-order valence-corrected chi connectivity index (χ4v) is 4.01. The highest BCUT2D eigenvalue weighted by molar-refractivity contribution is 6.40. The van der Waals surface area contributed by atoms with Crippen molar-refractivity contribution < 1.29 is 13.9 Å². The van der Waals surface area contributed by atoms with Crippen LogP contribution in [-0.4, -0.2) is 60.1 Å². The summed E-state index contributed by atoms with van der Waals surface area (Å²) < 4.78 is 26.9. The molecule has 0 saturated carbocycles. The first kappa shape index (κ1) is 29.0. The Labute approximate surface area is 217 Å². The summed E-state index contributed by atoms with van der Waals surface area (Å²) >= 11 is 9.53. The Morgan fingerprint density at radius 3 is 1.69 bits per heavy atom. The Morgan fingerprint density at radius 2 is 1.23 bits per heavy atom. The lowest BCUT2D eigenvalue weighted by atomic mass is 9.96. The molecule has 3 aromatic carbocycles. The first-order chi connectivity index (χ1) is 17.1. The molecule has 188 valence electrons. The molecule has 7 heteroatoms. The van der Waals surface area contributed by atoms with E-state index >= 15 is 0 Å². The van der Waals surface area contributed by atoms with Gasteiger partial charge in [0.25, 0.3) is 0 Å². The number of rotatable bonds is 6. The summed E-state index contributed by atoms with van der Waals surface area (Å²) in [5.74, 6) is -0.488. The summed E-state index contributed by atoms with van der Waals surface area (Å²) in [6.45, 7) is 4.63. The van der Waals surface area contributed by atoms with Crippen LogP contribution in [0.15, 0.2) is 84.9 Å². The summed E-state index contributed by atoms with van der Waals surface area (Å²) in [5, 5.41) is 7.19. The lowest BCUT2D eigenvalue weighted by Gasteiger charge is -2.39. The molecule has 0 atom stereocenters. The lowest BCUT2D eigenvalue weighted by Crippen LogP contribution is -2.47. The average Bonchev–Trinajstić information content (AvgIpc) is 2.90. The van der Waals surface area contributed by atoms with Crippen LogP contribution in [0, 0.1) is 11.6 Å². The van der Waals surface area contributed by atoms with Gasteiger partial charge in [0.1, 0.15) is 11.6 Å². The third kappa shape index (κ3) is 9.71. The summed E-state index contributed by atoms with van der Waals surface area (Å²) in [4.78, 5) is 4.83. The number of aliphatic hydroxyl groups excluding tert-OH is 1. The predicted octanol–water partition coefficient (Wildman–Crippen LogP) is 6.42. The molecule has 35 heavy (non-hydrogen) atoms. The van der Waals surface area contributed by atoms with Gasteiger partial charge in [-0.15, -0.1) is 23.2 Å². The quantitative estimate of drug-likeness (QED) is 0.380. The van der Waals surface area contributed by atoms with Gasteiger partial charge in [-0.1, -0.05) is 66.7 Å². The number of hydrogen-bond donors (Lipinski definition) is 1. The van der Waals surface area contributed by atoms with Crippen molar-refractivity contribution in [2.24, 2.45) is 0 Å². The fourth-order valence-electron chi connectivity index (χ4n) is 4.01. The molecule has 3 aromatic rings. The molecule has 0 unspecified atom stereocenters. The van der Waals surface area contributed by atoms with E-state index in [-0.39, 0.29) is 23.0 Å². The highest BCUT2D eigenvalue weighted by Crippen LogP contribution is 2.30. The molecule has 1 fully saturated rings. The molecule has 1 aliphatic rings. The molecule has 3 nitrogen and oxygen atoms in total. The molecule has 1 aliphatic heterocycles. The average molecular weight is 521 g/mol. The second kappa shape index (κ2) is 16.4. The van der Waals surface area contributed by atoms with Gasteiger partial charge >= 0.3 is 0 Å². The molecule has 0 amide bonds. The van der Waals surface area contributed by atoms with E-state index in [9.17, 15) is 8.78 Å². The Morgan fingerprint density at radius 1 is 0.771 bits per heavy atom. The molecule has 0 bridgehead atoms. The molecule has 1 heterocycles. The van der Waals surface area contributed by atoms with Gasteiger partial charge in [-0.25, -0.2) is 8.78 Å². The van der Waals surface area contributed by atoms with Crippen LogP contribution < -0.4 is 0 Å². The normalized spacial score (nSPS) is 14.3. The Bertz CT molecular complexity index is 933. The van der Waals surface area contributed by atoms with Crippen molar-refractivity contribution in [2.75, 3.05) is 45.2 Å². The first-order valence-electron chi connectivity index (χ1n) is 11.4. The monoisotopic (exact) mass is 520 g/mol. The van der Waals surface area contributed by atoms with E-state index in [1.165, 1.54) is 29.8 Å². The maximum absolute atomic E-state index is 13.5. The van der Waals surface area contributed by atoms with Crippen LogP contribution in [-0.2, 0) is 0 Å². The minimum atomic E-state index is -0.244. The van der Waals surface area contributed by atoms with Crippen LogP contribution in [0.5, 0.6) is 0 Å². The number of hydrogen-bond acceptors (Lipinski definition) is 3. The molecule has 1 N–H and O–H groups in total. The fraction of sp³-hybridized carbons (Fsp3) is 0.286. The van der Waals surface area contributed by atoms with E-state index in [2.05, 4.69) is 34.1 Å². The number of nitrogens with zero attached hydrogens (tertiary/aromatic N) is 2. The highest BCUT2D eigenvalue weighted by Gasteiger charge is 2.26. The van der Waals surface area contributed by atoms with Crippen molar-refractivity contribution in [2.45, 2.75) is 6.04 Å². The molecule has 0 aromatic heterocycles. The minimum absolute atomic E-state index is 0.00629. The van der Waals surface area contributed by atoms with Crippen molar-refractivity contribution in [1.29, 1.82) is 0 Å². The van der Waals surface area contributed by atoms with E-state index < -0.39 is 0 Å². The third-order valence-corrected chi connectivity index (χ3v) is 5.62. The first-order valence-corrected chi connectivity index (χ1v) is 12.4. The van der Waals surface area contributed by atoms with Crippen LogP contribution in [0.3, 0.4) is 0 Å². The predicted molar refractivity (Wildman–Crippen MR) is 143 cm³/mol. The summed E-state index contributed by atoms with van der Waals surface area (Å²) in [5.41, 5.74) is 3.27. The van der Waals surface area contributed by atoms with Gasteiger partial charge in [0.05, 0.1) is 11.4 Å². The second-order valence-corrected chi connectivity index (χ2v) is 8.56. The molecular formula is C28H32Cl2F2N2O. The third-order valence-electron chi connectivity index (χ3n) is 5.62. The highest BCUT2D eigenvalue weighted by atomic mass is 35.5. The van der Waals surface area contributed by atoms with Gasteiger partial charge in [0.15, 0.2) is 0 Å². The molecule has 1 saturated heterocycles. The van der Waals surface area contributed by atoms with Crippen LogP contribution in [0.1, 0.15) is 22.7 Å². The Hall–Kier alpha value is -2.28. The van der Waals surface area contributed by atoms with Crippen LogP contribution in [0.25, 0.3) is 6.08 Å². The Balaban J connectivity index is 0.000000803. The van der Waals surface area contributed by atoms with E-state index in [0.29, 0.717) is 0 Å². The van der Waals surface area contributed by atoms with Gasteiger partial charge < -0.3 is 5.11 Å². The van der Waals surface area contributed by atoms with Crippen LogP contribution >= 0.6 is 23.2 Å². The van der Waals surface area contributed by atoms with Gasteiger partial charge in [-0.05, 0) is 41.0 Å². The lowest BCUT2D eigenvalue weighted by molar-refractivity contribution is 0.118. The number of aliphatic hydroxyl groups is 1. The zero-order chi connectivity index (χ0) is 25.5. The van der Waals surface area contributed by atoms with Gasteiger partial charge in [-0.3, -0.25) is 9.80 Å². The topological polar surface area (TPSA) is 26.7 Å². The van der Waals surface area contributed by atoms with Crippen molar-refractivity contribution in [1.82, 2.24) is 9.80 Å². The van der Waals surface area contributed by atoms with Crippen LogP contribution in [0.2, 0.25) is 0 Å². The maximum atomic E-state index is 13.5.